The third-order valence-corrected chi connectivity index (χ3v) is 3.47. The van der Waals surface area contributed by atoms with Gasteiger partial charge in [-0.25, -0.2) is 9.97 Å². The summed E-state index contributed by atoms with van der Waals surface area (Å²) < 4.78 is 0. The van der Waals surface area contributed by atoms with Gasteiger partial charge in [0.25, 0.3) is 5.91 Å². The van der Waals surface area contributed by atoms with Gasteiger partial charge in [-0.1, -0.05) is 44.2 Å². The molecule has 23 heavy (non-hydrogen) atoms. The lowest BCUT2D eigenvalue weighted by Crippen LogP contribution is -2.26. The molecule has 0 aliphatic heterocycles. The van der Waals surface area contributed by atoms with E-state index in [2.05, 4.69) is 34.4 Å². The predicted octanol–water partition coefficient (Wildman–Crippen LogP) is 2.91. The SMILES string of the molecule is CC(C)CCNc1cc(C(=O)NCCc2ccccc2)ncn1. The number of amides is 1. The number of hydrogen-bond acceptors (Lipinski definition) is 4. The Labute approximate surface area is 137 Å². The lowest BCUT2D eigenvalue weighted by Gasteiger charge is -2.09. The maximum atomic E-state index is 12.1. The van der Waals surface area contributed by atoms with Gasteiger partial charge < -0.3 is 10.6 Å². The van der Waals surface area contributed by atoms with Crippen LogP contribution in [0, 0.1) is 5.92 Å². The molecule has 1 aromatic heterocycles. The molecule has 0 radical (unpaired) electrons. The summed E-state index contributed by atoms with van der Waals surface area (Å²) in [7, 11) is 0. The molecule has 0 aliphatic carbocycles. The molecule has 122 valence electrons. The molecule has 0 spiro atoms. The second kappa shape index (κ2) is 8.88. The molecule has 1 amide bonds. The summed E-state index contributed by atoms with van der Waals surface area (Å²) >= 11 is 0. The quantitative estimate of drug-likeness (QED) is 0.786. The number of nitrogens with one attached hydrogen (secondary N) is 2. The van der Waals surface area contributed by atoms with E-state index in [1.807, 2.05) is 30.3 Å². The second-order valence-corrected chi connectivity index (χ2v) is 5.89. The van der Waals surface area contributed by atoms with Crippen molar-refractivity contribution in [2.45, 2.75) is 26.7 Å². The summed E-state index contributed by atoms with van der Waals surface area (Å²) in [5.74, 6) is 1.15. The van der Waals surface area contributed by atoms with E-state index in [1.165, 1.54) is 11.9 Å². The van der Waals surface area contributed by atoms with E-state index in [0.29, 0.717) is 24.0 Å². The second-order valence-electron chi connectivity index (χ2n) is 5.89. The number of rotatable bonds is 8. The van der Waals surface area contributed by atoms with E-state index in [4.69, 9.17) is 0 Å². The number of carbonyl (C=O) groups is 1. The number of benzene rings is 1. The minimum absolute atomic E-state index is 0.171. The van der Waals surface area contributed by atoms with Gasteiger partial charge in [-0.05, 0) is 24.3 Å². The van der Waals surface area contributed by atoms with E-state index < -0.39 is 0 Å². The number of aromatic nitrogens is 2. The van der Waals surface area contributed by atoms with E-state index in [9.17, 15) is 4.79 Å². The number of carbonyl (C=O) groups excluding carboxylic acids is 1. The fraction of sp³-hybridized carbons (Fsp3) is 0.389. The molecule has 5 heteroatoms. The van der Waals surface area contributed by atoms with Crippen LogP contribution in [-0.4, -0.2) is 29.0 Å². The summed E-state index contributed by atoms with van der Waals surface area (Å²) in [5.41, 5.74) is 1.59. The Morgan fingerprint density at radius 3 is 2.65 bits per heavy atom. The molecule has 2 N–H and O–H groups in total. The van der Waals surface area contributed by atoms with Gasteiger partial charge in [-0.3, -0.25) is 4.79 Å². The zero-order chi connectivity index (χ0) is 16.5. The van der Waals surface area contributed by atoms with Crippen LogP contribution in [0.15, 0.2) is 42.7 Å². The normalized spacial score (nSPS) is 10.6. The van der Waals surface area contributed by atoms with Crippen LogP contribution in [-0.2, 0) is 6.42 Å². The zero-order valence-electron chi connectivity index (χ0n) is 13.7. The van der Waals surface area contributed by atoms with Gasteiger partial charge in [0.2, 0.25) is 0 Å². The van der Waals surface area contributed by atoms with Crippen LogP contribution >= 0.6 is 0 Å². The Morgan fingerprint density at radius 1 is 1.13 bits per heavy atom. The fourth-order valence-electron chi connectivity index (χ4n) is 2.12. The highest BCUT2D eigenvalue weighted by atomic mass is 16.1. The van der Waals surface area contributed by atoms with Gasteiger partial charge in [0.05, 0.1) is 0 Å². The molecule has 2 aromatic rings. The number of anilines is 1. The lowest BCUT2D eigenvalue weighted by molar-refractivity contribution is 0.0949. The largest absolute Gasteiger partial charge is 0.370 e. The first-order valence-corrected chi connectivity index (χ1v) is 8.03. The monoisotopic (exact) mass is 312 g/mol. The minimum Gasteiger partial charge on any atom is -0.370 e. The highest BCUT2D eigenvalue weighted by Gasteiger charge is 2.08. The van der Waals surface area contributed by atoms with Crippen LogP contribution in [0.2, 0.25) is 0 Å². The lowest BCUT2D eigenvalue weighted by atomic mass is 10.1. The first-order valence-electron chi connectivity index (χ1n) is 8.03. The van der Waals surface area contributed by atoms with Crippen molar-refractivity contribution in [3.05, 3.63) is 54.0 Å². The highest BCUT2D eigenvalue weighted by Crippen LogP contribution is 2.06. The van der Waals surface area contributed by atoms with Crippen LogP contribution in [0.5, 0.6) is 0 Å². The molecular weight excluding hydrogens is 288 g/mol. The average Bonchev–Trinajstić information content (AvgIpc) is 2.56. The first-order chi connectivity index (χ1) is 11.1. The molecule has 1 heterocycles. The molecule has 0 fully saturated rings. The van der Waals surface area contributed by atoms with Gasteiger partial charge >= 0.3 is 0 Å². The number of nitrogens with zero attached hydrogens (tertiary/aromatic N) is 2. The Bertz CT molecular complexity index is 613. The summed E-state index contributed by atoms with van der Waals surface area (Å²) in [4.78, 5) is 20.3. The van der Waals surface area contributed by atoms with Crippen molar-refractivity contribution in [1.29, 1.82) is 0 Å². The third kappa shape index (κ3) is 6.06. The van der Waals surface area contributed by atoms with Crippen LogP contribution in [0.3, 0.4) is 0 Å². The van der Waals surface area contributed by atoms with Crippen LogP contribution in [0.25, 0.3) is 0 Å². The van der Waals surface area contributed by atoms with Gasteiger partial charge in [0, 0.05) is 19.2 Å². The van der Waals surface area contributed by atoms with Crippen molar-refractivity contribution in [3.63, 3.8) is 0 Å². The van der Waals surface area contributed by atoms with Crippen molar-refractivity contribution >= 4 is 11.7 Å². The van der Waals surface area contributed by atoms with E-state index in [1.54, 1.807) is 6.07 Å². The fourth-order valence-corrected chi connectivity index (χ4v) is 2.12. The molecule has 0 saturated carbocycles. The molecule has 2 rings (SSSR count). The molecule has 0 atom stereocenters. The standard InChI is InChI=1S/C18H24N4O/c1-14(2)8-10-19-17-12-16(21-13-22-17)18(23)20-11-9-15-6-4-3-5-7-15/h3-7,12-14H,8-11H2,1-2H3,(H,20,23)(H,19,21,22). The molecule has 0 unspecified atom stereocenters. The molecule has 1 aromatic carbocycles. The molecule has 0 bridgehead atoms. The highest BCUT2D eigenvalue weighted by molar-refractivity contribution is 5.92. The Balaban J connectivity index is 1.82. The molecule has 0 saturated heterocycles. The summed E-state index contributed by atoms with van der Waals surface area (Å²) in [6.07, 6.45) is 3.28. The third-order valence-electron chi connectivity index (χ3n) is 3.47. The van der Waals surface area contributed by atoms with Crippen molar-refractivity contribution in [2.24, 2.45) is 5.92 Å². The van der Waals surface area contributed by atoms with Crippen molar-refractivity contribution in [3.8, 4) is 0 Å². The summed E-state index contributed by atoms with van der Waals surface area (Å²) in [5, 5.41) is 6.11. The van der Waals surface area contributed by atoms with Gasteiger partial charge in [-0.2, -0.15) is 0 Å². The smallest absolute Gasteiger partial charge is 0.270 e. The summed E-state index contributed by atoms with van der Waals surface area (Å²) in [6, 6.07) is 11.8. The topological polar surface area (TPSA) is 66.9 Å². The van der Waals surface area contributed by atoms with Crippen molar-refractivity contribution in [2.75, 3.05) is 18.4 Å². The molecule has 0 aliphatic rings. The van der Waals surface area contributed by atoms with E-state index in [0.717, 1.165) is 19.4 Å². The minimum atomic E-state index is -0.171. The zero-order valence-corrected chi connectivity index (χ0v) is 13.7. The number of hydrogen-bond donors (Lipinski definition) is 2. The summed E-state index contributed by atoms with van der Waals surface area (Å²) in [6.45, 7) is 5.77. The van der Waals surface area contributed by atoms with Crippen LogP contribution in [0.4, 0.5) is 5.82 Å². The maximum Gasteiger partial charge on any atom is 0.270 e. The van der Waals surface area contributed by atoms with Gasteiger partial charge in [0.15, 0.2) is 0 Å². The van der Waals surface area contributed by atoms with Crippen LogP contribution in [0.1, 0.15) is 36.3 Å². The van der Waals surface area contributed by atoms with Gasteiger partial charge in [-0.15, -0.1) is 0 Å². The van der Waals surface area contributed by atoms with Crippen LogP contribution < -0.4 is 10.6 Å². The molecule has 5 nitrogen and oxygen atoms in total. The van der Waals surface area contributed by atoms with Crippen molar-refractivity contribution < 1.29 is 4.79 Å². The first kappa shape index (κ1) is 16.9. The Morgan fingerprint density at radius 2 is 1.91 bits per heavy atom. The van der Waals surface area contributed by atoms with Gasteiger partial charge in [0.1, 0.15) is 17.8 Å². The maximum absolute atomic E-state index is 12.1. The molecular formula is C18H24N4O. The van der Waals surface area contributed by atoms with Crippen molar-refractivity contribution in [1.82, 2.24) is 15.3 Å². The Hall–Kier alpha value is -2.43. The predicted molar refractivity (Wildman–Crippen MR) is 92.5 cm³/mol. The van der Waals surface area contributed by atoms with E-state index in [-0.39, 0.29) is 5.91 Å². The Kier molecular flexibility index (Phi) is 6.54. The van der Waals surface area contributed by atoms with E-state index >= 15 is 0 Å². The average molecular weight is 312 g/mol.